The monoisotopic (exact) mass is 231 g/mol. The van der Waals surface area contributed by atoms with Crippen LogP contribution in [-0.4, -0.2) is 47.0 Å². The van der Waals surface area contributed by atoms with E-state index in [1.54, 1.807) is 20.8 Å². The molecular weight excluding hydrogens is 214 g/mol. The van der Waals surface area contributed by atoms with Crippen LogP contribution in [0.4, 0.5) is 4.79 Å². The number of aliphatic carboxylic acids is 1. The molecule has 0 aromatic heterocycles. The van der Waals surface area contributed by atoms with Gasteiger partial charge in [0.05, 0.1) is 0 Å². The molecule has 0 aromatic rings. The maximum Gasteiger partial charge on any atom is 0.410 e. The lowest BCUT2D eigenvalue weighted by Gasteiger charge is -2.24. The molecule has 0 heterocycles. The van der Waals surface area contributed by atoms with Gasteiger partial charge >= 0.3 is 12.1 Å². The van der Waals surface area contributed by atoms with Crippen LogP contribution in [-0.2, 0) is 14.3 Å². The van der Waals surface area contributed by atoms with Crippen molar-refractivity contribution < 1.29 is 24.2 Å². The second-order valence-corrected chi connectivity index (χ2v) is 4.38. The summed E-state index contributed by atoms with van der Waals surface area (Å²) in [5, 5.41) is 8.34. The van der Waals surface area contributed by atoms with E-state index in [0.717, 1.165) is 0 Å². The highest BCUT2D eigenvalue weighted by Crippen LogP contribution is 2.09. The normalized spacial score (nSPS) is 10.8. The van der Waals surface area contributed by atoms with Crippen molar-refractivity contribution in [2.24, 2.45) is 0 Å². The zero-order valence-corrected chi connectivity index (χ0v) is 9.94. The molecule has 1 amide bonds. The third-order valence-electron chi connectivity index (χ3n) is 1.62. The number of hydrogen-bond donors (Lipinski definition) is 1. The Balaban J connectivity index is 4.07. The topological polar surface area (TPSA) is 83.9 Å². The highest BCUT2D eigenvalue weighted by molar-refractivity contribution is 6.32. The fourth-order valence-electron chi connectivity index (χ4n) is 0.807. The van der Waals surface area contributed by atoms with Gasteiger partial charge in [0, 0.05) is 20.0 Å². The lowest BCUT2D eigenvalue weighted by atomic mass is 10.2. The van der Waals surface area contributed by atoms with E-state index in [1.165, 1.54) is 11.9 Å². The molecule has 16 heavy (non-hydrogen) atoms. The van der Waals surface area contributed by atoms with Gasteiger partial charge in [-0.25, -0.2) is 9.59 Å². The SMILES string of the molecule is CN(CCC(=O)C(=O)O)C(=O)OC(C)(C)C. The summed E-state index contributed by atoms with van der Waals surface area (Å²) >= 11 is 0. The minimum absolute atomic E-state index is 0.0278. The first-order valence-corrected chi connectivity index (χ1v) is 4.83. The van der Waals surface area contributed by atoms with Gasteiger partial charge in [0.2, 0.25) is 5.78 Å². The molecular formula is C10H17NO5. The molecule has 0 bridgehead atoms. The van der Waals surface area contributed by atoms with E-state index in [9.17, 15) is 14.4 Å². The zero-order valence-electron chi connectivity index (χ0n) is 9.94. The van der Waals surface area contributed by atoms with E-state index >= 15 is 0 Å². The molecule has 92 valence electrons. The van der Waals surface area contributed by atoms with Crippen molar-refractivity contribution in [3.05, 3.63) is 0 Å². The summed E-state index contributed by atoms with van der Waals surface area (Å²) in [5.41, 5.74) is -0.609. The maximum atomic E-state index is 11.4. The van der Waals surface area contributed by atoms with Gasteiger partial charge in [0.1, 0.15) is 5.60 Å². The summed E-state index contributed by atoms with van der Waals surface area (Å²) in [7, 11) is 1.45. The molecule has 0 aromatic carbocycles. The van der Waals surface area contributed by atoms with E-state index in [4.69, 9.17) is 9.84 Å². The predicted octanol–water partition coefficient (Wildman–Crippen LogP) is 0.897. The number of ketones is 1. The highest BCUT2D eigenvalue weighted by Gasteiger charge is 2.20. The minimum Gasteiger partial charge on any atom is -0.476 e. The Kier molecular flexibility index (Phi) is 4.94. The molecule has 6 nitrogen and oxygen atoms in total. The fourth-order valence-corrected chi connectivity index (χ4v) is 0.807. The molecule has 0 aliphatic rings. The van der Waals surface area contributed by atoms with Crippen molar-refractivity contribution in [1.29, 1.82) is 0 Å². The number of carboxylic acid groups (broad SMARTS) is 1. The van der Waals surface area contributed by atoms with Crippen LogP contribution in [0.25, 0.3) is 0 Å². The summed E-state index contributed by atoms with van der Waals surface area (Å²) < 4.78 is 5.02. The number of nitrogens with zero attached hydrogens (tertiary/aromatic N) is 1. The van der Waals surface area contributed by atoms with Gasteiger partial charge in [0.25, 0.3) is 0 Å². The van der Waals surface area contributed by atoms with Gasteiger partial charge in [-0.05, 0) is 20.8 Å². The fraction of sp³-hybridized carbons (Fsp3) is 0.700. The number of rotatable bonds is 4. The largest absolute Gasteiger partial charge is 0.476 e. The van der Waals surface area contributed by atoms with Crippen LogP contribution in [0.2, 0.25) is 0 Å². The number of Topliss-reactive ketones (excluding diaryl/α,β-unsaturated/α-hetero) is 1. The van der Waals surface area contributed by atoms with Crippen LogP contribution in [0.5, 0.6) is 0 Å². The Labute approximate surface area is 94.2 Å². The molecule has 1 N–H and O–H groups in total. The van der Waals surface area contributed by atoms with Gasteiger partial charge in [-0.2, -0.15) is 0 Å². The molecule has 0 aliphatic carbocycles. The van der Waals surface area contributed by atoms with Crippen molar-refractivity contribution >= 4 is 17.8 Å². The van der Waals surface area contributed by atoms with Crippen LogP contribution in [0.15, 0.2) is 0 Å². The van der Waals surface area contributed by atoms with Crippen molar-refractivity contribution in [1.82, 2.24) is 4.90 Å². The average Bonchev–Trinajstić information content (AvgIpc) is 2.10. The van der Waals surface area contributed by atoms with Crippen LogP contribution in [0.1, 0.15) is 27.2 Å². The predicted molar refractivity (Wildman–Crippen MR) is 56.1 cm³/mol. The highest BCUT2D eigenvalue weighted by atomic mass is 16.6. The molecule has 0 saturated heterocycles. The van der Waals surface area contributed by atoms with Crippen molar-refractivity contribution in [2.75, 3.05) is 13.6 Å². The minimum atomic E-state index is -1.49. The smallest absolute Gasteiger partial charge is 0.410 e. The molecule has 6 heteroatoms. The second-order valence-electron chi connectivity index (χ2n) is 4.38. The second kappa shape index (κ2) is 5.48. The molecule has 0 rings (SSSR count). The van der Waals surface area contributed by atoms with Gasteiger partial charge < -0.3 is 14.7 Å². The summed E-state index contributed by atoms with van der Waals surface area (Å²) in [6.07, 6.45) is -0.795. The van der Waals surface area contributed by atoms with E-state index < -0.39 is 23.4 Å². The quantitative estimate of drug-likeness (QED) is 0.726. The maximum absolute atomic E-state index is 11.4. The molecule has 0 spiro atoms. The Morgan fingerprint density at radius 3 is 2.12 bits per heavy atom. The Morgan fingerprint density at radius 2 is 1.75 bits per heavy atom. The molecule has 0 aliphatic heterocycles. The number of carbonyl (C=O) groups is 3. The summed E-state index contributed by atoms with van der Waals surface area (Å²) in [4.78, 5) is 33.6. The Bertz CT molecular complexity index is 292. The number of hydrogen-bond acceptors (Lipinski definition) is 4. The number of ether oxygens (including phenoxy) is 1. The summed E-state index contributed by atoms with van der Waals surface area (Å²) in [5.74, 6) is -2.41. The molecule has 0 unspecified atom stereocenters. The van der Waals surface area contributed by atoms with Gasteiger partial charge in [-0.15, -0.1) is 0 Å². The van der Waals surface area contributed by atoms with Crippen LogP contribution < -0.4 is 0 Å². The first kappa shape index (κ1) is 14.4. The summed E-state index contributed by atoms with van der Waals surface area (Å²) in [6.45, 7) is 5.20. The number of carboxylic acids is 1. The van der Waals surface area contributed by atoms with Gasteiger partial charge in [0.15, 0.2) is 0 Å². The average molecular weight is 231 g/mol. The van der Waals surface area contributed by atoms with Gasteiger partial charge in [-0.3, -0.25) is 4.79 Å². The van der Waals surface area contributed by atoms with Crippen LogP contribution in [0.3, 0.4) is 0 Å². The zero-order chi connectivity index (χ0) is 12.9. The molecule has 0 atom stereocenters. The number of carbonyl (C=O) groups excluding carboxylic acids is 2. The van der Waals surface area contributed by atoms with E-state index in [0.29, 0.717) is 0 Å². The third-order valence-corrected chi connectivity index (χ3v) is 1.62. The van der Waals surface area contributed by atoms with Gasteiger partial charge in [-0.1, -0.05) is 0 Å². The van der Waals surface area contributed by atoms with E-state index in [-0.39, 0.29) is 13.0 Å². The summed E-state index contributed by atoms with van der Waals surface area (Å²) in [6, 6.07) is 0. The van der Waals surface area contributed by atoms with Crippen molar-refractivity contribution in [2.45, 2.75) is 32.8 Å². The van der Waals surface area contributed by atoms with E-state index in [2.05, 4.69) is 0 Å². The Hall–Kier alpha value is -1.59. The van der Waals surface area contributed by atoms with E-state index in [1.807, 2.05) is 0 Å². The van der Waals surface area contributed by atoms with Crippen molar-refractivity contribution in [3.8, 4) is 0 Å². The van der Waals surface area contributed by atoms with Crippen molar-refractivity contribution in [3.63, 3.8) is 0 Å². The lowest BCUT2D eigenvalue weighted by Crippen LogP contribution is -2.35. The molecule has 0 radical (unpaired) electrons. The van der Waals surface area contributed by atoms with Crippen LogP contribution >= 0.6 is 0 Å². The molecule has 0 fully saturated rings. The number of amides is 1. The lowest BCUT2D eigenvalue weighted by molar-refractivity contribution is -0.149. The third kappa shape index (κ3) is 6.00. The van der Waals surface area contributed by atoms with Crippen LogP contribution in [0, 0.1) is 0 Å². The Morgan fingerprint density at radius 1 is 1.25 bits per heavy atom. The first-order valence-electron chi connectivity index (χ1n) is 4.83. The standard InChI is InChI=1S/C10H17NO5/c1-10(2,3)16-9(15)11(4)6-5-7(12)8(13)14/h5-6H2,1-4H3,(H,13,14). The first-order chi connectivity index (χ1) is 7.13. The molecule has 0 saturated carbocycles.